The quantitative estimate of drug-likeness (QED) is 0.774. The van der Waals surface area contributed by atoms with Crippen LogP contribution in [0.5, 0.6) is 0 Å². The number of hydrogen-bond acceptors (Lipinski definition) is 3. The smallest absolute Gasteiger partial charge is 0.0656 e. The van der Waals surface area contributed by atoms with Gasteiger partial charge in [0.2, 0.25) is 0 Å². The maximum Gasteiger partial charge on any atom is 0.0656 e. The molecule has 3 nitrogen and oxygen atoms in total. The van der Waals surface area contributed by atoms with Crippen molar-refractivity contribution in [3.05, 3.63) is 0 Å². The summed E-state index contributed by atoms with van der Waals surface area (Å²) in [4.78, 5) is 2.45. The van der Waals surface area contributed by atoms with E-state index in [1.807, 2.05) is 13.8 Å². The molecule has 3 heteroatoms. The predicted octanol–water partition coefficient (Wildman–Crippen LogP) is 1.77. The van der Waals surface area contributed by atoms with Gasteiger partial charge in [-0.2, -0.15) is 5.26 Å². The van der Waals surface area contributed by atoms with E-state index in [-0.39, 0.29) is 5.92 Å². The average molecular weight is 222 g/mol. The van der Waals surface area contributed by atoms with E-state index in [1.54, 1.807) is 0 Å². The van der Waals surface area contributed by atoms with Gasteiger partial charge in [-0.05, 0) is 33.1 Å². The van der Waals surface area contributed by atoms with Gasteiger partial charge in [-0.25, -0.2) is 0 Å². The first-order valence-electron chi connectivity index (χ1n) is 6.36. The maximum absolute atomic E-state index is 9.87. The van der Waals surface area contributed by atoms with E-state index in [1.165, 1.54) is 12.8 Å². The van der Waals surface area contributed by atoms with E-state index < -0.39 is 5.60 Å². The lowest BCUT2D eigenvalue weighted by Crippen LogP contribution is -2.59. The van der Waals surface area contributed by atoms with Crippen LogP contribution >= 0.6 is 0 Å². The van der Waals surface area contributed by atoms with E-state index in [0.717, 1.165) is 25.9 Å². The van der Waals surface area contributed by atoms with Crippen LogP contribution < -0.4 is 0 Å². The van der Waals surface area contributed by atoms with Crippen LogP contribution in [0.3, 0.4) is 0 Å². The van der Waals surface area contributed by atoms with Gasteiger partial charge in [-0.3, -0.25) is 4.90 Å². The van der Waals surface area contributed by atoms with Crippen LogP contribution in [0.4, 0.5) is 0 Å². The SMILES string of the molecule is CC(C)(O)C1CN(C2CCCC(C#N)C2)C1. The first-order chi connectivity index (χ1) is 7.50. The van der Waals surface area contributed by atoms with Crippen LogP contribution in [0.2, 0.25) is 0 Å². The molecule has 16 heavy (non-hydrogen) atoms. The van der Waals surface area contributed by atoms with Crippen LogP contribution in [-0.2, 0) is 0 Å². The zero-order valence-electron chi connectivity index (χ0n) is 10.3. The molecule has 0 aromatic rings. The first-order valence-corrected chi connectivity index (χ1v) is 6.36. The molecule has 0 spiro atoms. The number of likely N-dealkylation sites (tertiary alicyclic amines) is 1. The Hall–Kier alpha value is -0.590. The highest BCUT2D eigenvalue weighted by atomic mass is 16.3. The first kappa shape index (κ1) is 11.9. The molecule has 2 aliphatic rings. The zero-order chi connectivity index (χ0) is 11.8. The number of rotatable bonds is 2. The molecule has 2 fully saturated rings. The van der Waals surface area contributed by atoms with Crippen LogP contribution in [0.25, 0.3) is 0 Å². The largest absolute Gasteiger partial charge is 0.390 e. The normalized spacial score (nSPS) is 33.1. The molecule has 1 N–H and O–H groups in total. The van der Waals surface area contributed by atoms with E-state index in [2.05, 4.69) is 11.0 Å². The van der Waals surface area contributed by atoms with Crippen molar-refractivity contribution in [1.82, 2.24) is 4.90 Å². The summed E-state index contributed by atoms with van der Waals surface area (Å²) in [5, 5.41) is 18.8. The van der Waals surface area contributed by atoms with Gasteiger partial charge >= 0.3 is 0 Å². The Labute approximate surface area is 98.1 Å². The minimum absolute atomic E-state index is 0.264. The van der Waals surface area contributed by atoms with Gasteiger partial charge in [0.05, 0.1) is 11.7 Å². The lowest BCUT2D eigenvalue weighted by Gasteiger charge is -2.50. The Morgan fingerprint density at radius 2 is 2.00 bits per heavy atom. The molecule has 0 aromatic heterocycles. The van der Waals surface area contributed by atoms with Crippen molar-refractivity contribution < 1.29 is 5.11 Å². The molecule has 90 valence electrons. The molecule has 1 heterocycles. The van der Waals surface area contributed by atoms with E-state index in [0.29, 0.717) is 12.0 Å². The second-order valence-electron chi connectivity index (χ2n) is 5.95. The van der Waals surface area contributed by atoms with Gasteiger partial charge in [0.1, 0.15) is 0 Å². The van der Waals surface area contributed by atoms with Crippen LogP contribution in [0.1, 0.15) is 39.5 Å². The van der Waals surface area contributed by atoms with Gasteiger partial charge < -0.3 is 5.11 Å². The molecule has 1 saturated carbocycles. The van der Waals surface area contributed by atoms with Crippen molar-refractivity contribution in [3.63, 3.8) is 0 Å². The van der Waals surface area contributed by atoms with Crippen LogP contribution in [-0.4, -0.2) is 34.7 Å². The number of nitrogens with zero attached hydrogens (tertiary/aromatic N) is 2. The Morgan fingerprint density at radius 1 is 1.31 bits per heavy atom. The number of nitriles is 1. The second kappa shape index (κ2) is 4.35. The molecule has 1 aliphatic heterocycles. The van der Waals surface area contributed by atoms with E-state index in [4.69, 9.17) is 5.26 Å². The molecule has 2 atom stereocenters. The third kappa shape index (κ3) is 2.39. The minimum Gasteiger partial charge on any atom is -0.390 e. The number of hydrogen-bond donors (Lipinski definition) is 1. The van der Waals surface area contributed by atoms with Crippen molar-refractivity contribution in [3.8, 4) is 6.07 Å². The predicted molar refractivity (Wildman–Crippen MR) is 62.7 cm³/mol. The molecular weight excluding hydrogens is 200 g/mol. The summed E-state index contributed by atoms with van der Waals surface area (Å²) in [6, 6.07) is 3.00. The van der Waals surface area contributed by atoms with Gasteiger partial charge in [-0.1, -0.05) is 6.42 Å². The average Bonchev–Trinajstić information content (AvgIpc) is 2.13. The molecule has 0 aromatic carbocycles. The fourth-order valence-electron chi connectivity index (χ4n) is 2.87. The summed E-state index contributed by atoms with van der Waals surface area (Å²) < 4.78 is 0. The lowest BCUT2D eigenvalue weighted by atomic mass is 9.79. The topological polar surface area (TPSA) is 47.3 Å². The van der Waals surface area contributed by atoms with Crippen molar-refractivity contribution in [1.29, 1.82) is 5.26 Å². The fraction of sp³-hybridized carbons (Fsp3) is 0.923. The molecule has 1 saturated heterocycles. The van der Waals surface area contributed by atoms with Gasteiger partial charge in [-0.15, -0.1) is 0 Å². The van der Waals surface area contributed by atoms with Crippen LogP contribution in [0, 0.1) is 23.2 Å². The van der Waals surface area contributed by atoms with Crippen molar-refractivity contribution >= 4 is 0 Å². The third-order valence-corrected chi connectivity index (χ3v) is 4.25. The summed E-state index contributed by atoms with van der Waals surface area (Å²) in [5.74, 6) is 0.676. The molecule has 0 amide bonds. The highest BCUT2D eigenvalue weighted by Gasteiger charge is 2.41. The van der Waals surface area contributed by atoms with E-state index >= 15 is 0 Å². The van der Waals surface area contributed by atoms with Crippen molar-refractivity contribution in [2.45, 2.75) is 51.2 Å². The lowest BCUT2D eigenvalue weighted by molar-refractivity contribution is -0.0826. The molecular formula is C13H22N2O. The Morgan fingerprint density at radius 3 is 2.56 bits per heavy atom. The van der Waals surface area contributed by atoms with E-state index in [9.17, 15) is 5.11 Å². The summed E-state index contributed by atoms with van der Waals surface area (Å²) >= 11 is 0. The molecule has 0 bridgehead atoms. The highest BCUT2D eigenvalue weighted by molar-refractivity contribution is 4.97. The van der Waals surface area contributed by atoms with Gasteiger partial charge in [0.15, 0.2) is 0 Å². The standard InChI is InChI=1S/C13H22N2O/c1-13(2,16)11-8-15(9-11)12-5-3-4-10(6-12)7-14/h10-12,16H,3-6,8-9H2,1-2H3. The monoisotopic (exact) mass is 222 g/mol. The molecule has 2 unspecified atom stereocenters. The third-order valence-electron chi connectivity index (χ3n) is 4.25. The fourth-order valence-corrected chi connectivity index (χ4v) is 2.87. The highest BCUT2D eigenvalue weighted by Crippen LogP contribution is 2.34. The molecule has 0 radical (unpaired) electrons. The molecule has 2 rings (SSSR count). The van der Waals surface area contributed by atoms with Crippen LogP contribution in [0.15, 0.2) is 0 Å². The summed E-state index contributed by atoms with van der Waals surface area (Å²) in [6.07, 6.45) is 4.54. The Bertz CT molecular complexity index is 283. The summed E-state index contributed by atoms with van der Waals surface area (Å²) in [6.45, 7) is 5.81. The summed E-state index contributed by atoms with van der Waals surface area (Å²) in [5.41, 5.74) is -0.542. The Kier molecular flexibility index (Phi) is 3.23. The van der Waals surface area contributed by atoms with Gasteiger partial charge in [0.25, 0.3) is 0 Å². The Balaban J connectivity index is 1.81. The summed E-state index contributed by atoms with van der Waals surface area (Å²) in [7, 11) is 0. The maximum atomic E-state index is 9.87. The zero-order valence-corrected chi connectivity index (χ0v) is 10.3. The second-order valence-corrected chi connectivity index (χ2v) is 5.95. The van der Waals surface area contributed by atoms with Crippen molar-refractivity contribution in [2.75, 3.05) is 13.1 Å². The van der Waals surface area contributed by atoms with Crippen molar-refractivity contribution in [2.24, 2.45) is 11.8 Å². The number of aliphatic hydroxyl groups is 1. The van der Waals surface area contributed by atoms with Gasteiger partial charge in [0, 0.05) is 31.0 Å². The minimum atomic E-state index is -0.542. The molecule has 1 aliphatic carbocycles.